The summed E-state index contributed by atoms with van der Waals surface area (Å²) in [5.41, 5.74) is -0.292. The smallest absolute Gasteiger partial charge is 0.352 e. The number of hydrogen-bond donors (Lipinski definition) is 1. The number of benzene rings is 1. The second-order valence-corrected chi connectivity index (χ2v) is 10.2. The van der Waals surface area contributed by atoms with Crippen LogP contribution in [0.1, 0.15) is 51.7 Å². The van der Waals surface area contributed by atoms with Crippen molar-refractivity contribution in [3.05, 3.63) is 35.1 Å². The second kappa shape index (κ2) is 9.64. The fourth-order valence-electron chi connectivity index (χ4n) is 5.97. The van der Waals surface area contributed by atoms with E-state index in [9.17, 15) is 19.5 Å². The van der Waals surface area contributed by atoms with Crippen LogP contribution in [0, 0.1) is 6.92 Å². The first-order chi connectivity index (χ1) is 17.4. The number of rotatable bonds is 6. The number of nitrogens with zero attached hydrogens (tertiary/aromatic N) is 1. The molecule has 3 aliphatic rings. The molecule has 1 aliphatic carbocycles. The molecule has 1 spiro atoms. The summed E-state index contributed by atoms with van der Waals surface area (Å²) in [5, 5.41) is 12.3. The van der Waals surface area contributed by atoms with Gasteiger partial charge in [0.25, 0.3) is 0 Å². The number of aliphatic hydroxyl groups is 1. The van der Waals surface area contributed by atoms with Gasteiger partial charge in [-0.15, -0.1) is 0 Å². The molecule has 10 nitrogen and oxygen atoms in total. The molecule has 0 saturated carbocycles. The molecular formula is C27H35NO9. The third kappa shape index (κ3) is 4.16. The zero-order valence-corrected chi connectivity index (χ0v) is 22.3. The van der Waals surface area contributed by atoms with Gasteiger partial charge in [0.2, 0.25) is 0 Å². The average molecular weight is 518 g/mol. The van der Waals surface area contributed by atoms with Crippen molar-refractivity contribution < 1.29 is 43.2 Å². The van der Waals surface area contributed by atoms with E-state index >= 15 is 0 Å². The first-order valence-electron chi connectivity index (χ1n) is 12.4. The maximum atomic E-state index is 13.0. The minimum atomic E-state index is -1.26. The van der Waals surface area contributed by atoms with E-state index in [-0.39, 0.29) is 18.2 Å². The van der Waals surface area contributed by atoms with Crippen molar-refractivity contribution in [3.63, 3.8) is 0 Å². The lowest BCUT2D eigenvalue weighted by Crippen LogP contribution is -2.71. The summed E-state index contributed by atoms with van der Waals surface area (Å²) in [6.07, 6.45) is -0.743. The van der Waals surface area contributed by atoms with Gasteiger partial charge < -0.3 is 33.7 Å². The van der Waals surface area contributed by atoms with Crippen LogP contribution in [-0.4, -0.2) is 78.6 Å². The molecule has 1 saturated heterocycles. The summed E-state index contributed by atoms with van der Waals surface area (Å²) in [6.45, 7) is 8.57. The van der Waals surface area contributed by atoms with E-state index in [0.29, 0.717) is 24.5 Å². The number of fused-ring (bicyclic) bond motifs is 1. The van der Waals surface area contributed by atoms with E-state index in [0.717, 1.165) is 11.1 Å². The molecule has 2 aliphatic heterocycles. The second-order valence-electron chi connectivity index (χ2n) is 10.2. The van der Waals surface area contributed by atoms with Gasteiger partial charge in [0.05, 0.1) is 18.1 Å². The normalized spacial score (nSPS) is 29.9. The molecule has 1 aromatic rings. The van der Waals surface area contributed by atoms with Gasteiger partial charge in [0.15, 0.2) is 29.8 Å². The van der Waals surface area contributed by atoms with Crippen LogP contribution in [-0.2, 0) is 34.0 Å². The minimum absolute atomic E-state index is 0.208. The van der Waals surface area contributed by atoms with Crippen molar-refractivity contribution in [2.45, 2.75) is 82.8 Å². The predicted molar refractivity (Wildman–Crippen MR) is 131 cm³/mol. The molecule has 0 unspecified atom stereocenters. The highest BCUT2D eigenvalue weighted by atomic mass is 16.6. The molecule has 0 aromatic heterocycles. The van der Waals surface area contributed by atoms with Crippen LogP contribution < -0.4 is 9.47 Å². The number of ether oxygens (including phenoxy) is 5. The van der Waals surface area contributed by atoms with Gasteiger partial charge in [0, 0.05) is 24.9 Å². The van der Waals surface area contributed by atoms with Crippen LogP contribution in [0.25, 0.3) is 0 Å². The number of aryl methyl sites for hydroxylation is 1. The summed E-state index contributed by atoms with van der Waals surface area (Å²) in [6, 6.07) is 3.55. The van der Waals surface area contributed by atoms with E-state index in [1.165, 1.54) is 20.8 Å². The van der Waals surface area contributed by atoms with E-state index in [2.05, 4.69) is 4.90 Å². The zero-order valence-electron chi connectivity index (χ0n) is 22.3. The topological polar surface area (TPSA) is 121 Å². The Labute approximate surface area is 216 Å². The summed E-state index contributed by atoms with van der Waals surface area (Å²) >= 11 is 0. The molecule has 1 fully saturated rings. The number of piperidine rings is 1. The molecular weight excluding hydrogens is 482 g/mol. The lowest BCUT2D eigenvalue weighted by molar-refractivity contribution is -0.178. The highest BCUT2D eigenvalue weighted by Crippen LogP contribution is 2.62. The quantitative estimate of drug-likeness (QED) is 0.444. The molecule has 1 aromatic carbocycles. The number of carbonyl (C=O) groups is 3. The summed E-state index contributed by atoms with van der Waals surface area (Å²) in [5.74, 6) is -0.996. The van der Waals surface area contributed by atoms with E-state index in [4.69, 9.17) is 23.7 Å². The monoisotopic (exact) mass is 517 g/mol. The van der Waals surface area contributed by atoms with Crippen molar-refractivity contribution in [2.75, 3.05) is 20.7 Å². The van der Waals surface area contributed by atoms with E-state index in [1.54, 1.807) is 13.2 Å². The van der Waals surface area contributed by atoms with Crippen LogP contribution in [0.5, 0.6) is 11.5 Å². The molecule has 0 amide bonds. The number of likely N-dealkylation sites (tertiary alicyclic amines) is 1. The Morgan fingerprint density at radius 2 is 1.84 bits per heavy atom. The lowest BCUT2D eigenvalue weighted by Gasteiger charge is -2.58. The molecule has 2 heterocycles. The maximum Gasteiger partial charge on any atom is 0.352 e. The first kappa shape index (κ1) is 26.9. The number of esters is 3. The molecule has 10 heteroatoms. The van der Waals surface area contributed by atoms with Gasteiger partial charge in [-0.25, -0.2) is 9.59 Å². The Hall–Kier alpha value is -3.11. The van der Waals surface area contributed by atoms with Crippen LogP contribution in [0.15, 0.2) is 24.0 Å². The predicted octanol–water partition coefficient (Wildman–Crippen LogP) is 2.17. The lowest BCUT2D eigenvalue weighted by atomic mass is 9.54. The summed E-state index contributed by atoms with van der Waals surface area (Å²) in [7, 11) is 3.53. The Morgan fingerprint density at radius 3 is 2.49 bits per heavy atom. The van der Waals surface area contributed by atoms with Crippen LogP contribution in [0.4, 0.5) is 0 Å². The van der Waals surface area contributed by atoms with Gasteiger partial charge in [-0.05, 0) is 65.4 Å². The number of carbonyl (C=O) groups excluding carboxylic acids is 3. The first-order valence-corrected chi connectivity index (χ1v) is 12.4. The Morgan fingerprint density at radius 1 is 1.16 bits per heavy atom. The number of likely N-dealkylation sites (N-methyl/N-ethyl adjacent to an activating group) is 1. The molecule has 202 valence electrons. The van der Waals surface area contributed by atoms with Crippen molar-refractivity contribution >= 4 is 17.9 Å². The van der Waals surface area contributed by atoms with Crippen molar-refractivity contribution in [2.24, 2.45) is 0 Å². The van der Waals surface area contributed by atoms with Crippen molar-refractivity contribution in [3.8, 4) is 11.5 Å². The molecule has 6 atom stereocenters. The summed E-state index contributed by atoms with van der Waals surface area (Å²) in [4.78, 5) is 38.5. The minimum Gasteiger partial charge on any atom is -0.493 e. The van der Waals surface area contributed by atoms with Crippen molar-refractivity contribution in [1.29, 1.82) is 0 Å². The molecule has 1 N–H and O–H groups in total. The Balaban J connectivity index is 1.67. The fourth-order valence-corrected chi connectivity index (χ4v) is 5.97. The fraction of sp³-hybridized carbons (Fsp3) is 0.593. The summed E-state index contributed by atoms with van der Waals surface area (Å²) < 4.78 is 27.8. The van der Waals surface area contributed by atoms with Crippen LogP contribution in [0.2, 0.25) is 0 Å². The van der Waals surface area contributed by atoms with E-state index < -0.39 is 47.2 Å². The van der Waals surface area contributed by atoms with Crippen LogP contribution in [0.3, 0.4) is 0 Å². The molecule has 0 bridgehead atoms. The highest BCUT2D eigenvalue weighted by molar-refractivity contribution is 5.83. The highest BCUT2D eigenvalue weighted by Gasteiger charge is 2.69. The molecule has 37 heavy (non-hydrogen) atoms. The van der Waals surface area contributed by atoms with Gasteiger partial charge in [-0.2, -0.15) is 0 Å². The number of hydrogen-bond acceptors (Lipinski definition) is 10. The third-order valence-corrected chi connectivity index (χ3v) is 8.05. The largest absolute Gasteiger partial charge is 0.493 e. The molecule has 0 radical (unpaired) electrons. The van der Waals surface area contributed by atoms with Crippen LogP contribution >= 0.6 is 0 Å². The van der Waals surface area contributed by atoms with Gasteiger partial charge in [0.1, 0.15) is 5.76 Å². The number of methoxy groups -OCH3 is 1. The standard InChI is InChI=1S/C27H35NO9/c1-14-8-9-19(33-7)22-21(14)26-12-13-28(6)17(4)27(26,32)11-10-20(23(26)37-22)36-25(31)16(3)35-24(30)15(2)34-18(5)29/h8-10,15-17,23,32H,11-13H2,1-7H3/t15-,16-,17+,23-,26-,27+/m0/s1. The maximum absolute atomic E-state index is 13.0. The van der Waals surface area contributed by atoms with Gasteiger partial charge >= 0.3 is 17.9 Å². The Bertz CT molecular complexity index is 1150. The van der Waals surface area contributed by atoms with Gasteiger partial charge in [-0.3, -0.25) is 4.79 Å². The third-order valence-electron chi connectivity index (χ3n) is 8.05. The van der Waals surface area contributed by atoms with E-state index in [1.807, 2.05) is 33.0 Å². The SMILES string of the molecule is COc1ccc(C)c2c1O[C@H]1C(OC(=O)[C@H](C)OC(=O)[C@H](C)OC(C)=O)=CC[C@@]3(O)[C@@H](C)N(C)CC[C@]213. The Kier molecular flexibility index (Phi) is 7.02. The van der Waals surface area contributed by atoms with Gasteiger partial charge in [-0.1, -0.05) is 6.07 Å². The van der Waals surface area contributed by atoms with Crippen molar-refractivity contribution in [1.82, 2.24) is 4.90 Å². The zero-order chi connectivity index (χ0) is 27.3. The average Bonchev–Trinajstić information content (AvgIpc) is 3.20. The molecule has 4 rings (SSSR count).